The summed E-state index contributed by atoms with van der Waals surface area (Å²) >= 11 is 7.74. The lowest BCUT2D eigenvalue weighted by Crippen LogP contribution is -2.40. The van der Waals surface area contributed by atoms with E-state index in [0.717, 1.165) is 42.6 Å². The largest absolute Gasteiger partial charge is 0.488 e. The number of amidine groups is 1. The Kier molecular flexibility index (Phi) is 7.73. The smallest absolute Gasteiger partial charge is 0.267 e. The lowest BCUT2D eigenvalue weighted by atomic mass is 9.94. The zero-order valence-corrected chi connectivity index (χ0v) is 21.8. The summed E-state index contributed by atoms with van der Waals surface area (Å²) < 4.78 is 6.16. The molecule has 7 heteroatoms. The number of benzene rings is 2. The summed E-state index contributed by atoms with van der Waals surface area (Å²) in [6.45, 7) is 2.53. The SMILES string of the molecule is Cc1ccc(COc2ccccc2/C=C2\SC(=Nc3ccncc3Cl)N(C3CCCCC3)C2=O)cc1. The van der Waals surface area contributed by atoms with Crippen LogP contribution in [-0.2, 0) is 11.4 Å². The Labute approximate surface area is 221 Å². The van der Waals surface area contributed by atoms with E-state index in [9.17, 15) is 4.79 Å². The van der Waals surface area contributed by atoms with Gasteiger partial charge in [0.1, 0.15) is 12.4 Å². The molecule has 0 unspecified atom stereocenters. The average molecular weight is 518 g/mol. The number of halogens is 1. The molecule has 0 N–H and O–H groups in total. The molecule has 3 aromatic rings. The molecule has 5 rings (SSSR count). The highest BCUT2D eigenvalue weighted by Crippen LogP contribution is 2.40. The maximum Gasteiger partial charge on any atom is 0.267 e. The molecule has 1 aliphatic carbocycles. The van der Waals surface area contributed by atoms with Gasteiger partial charge in [-0.1, -0.05) is 78.9 Å². The molecule has 1 aliphatic heterocycles. The number of para-hydroxylation sites is 1. The molecule has 2 heterocycles. The normalized spacial score (nSPS) is 18.8. The first-order chi connectivity index (χ1) is 17.6. The Morgan fingerprint density at radius 3 is 2.67 bits per heavy atom. The van der Waals surface area contributed by atoms with Crippen molar-refractivity contribution in [2.24, 2.45) is 4.99 Å². The minimum Gasteiger partial charge on any atom is -0.488 e. The molecule has 1 aromatic heterocycles. The van der Waals surface area contributed by atoms with Crippen molar-refractivity contribution in [1.29, 1.82) is 0 Å². The minimum atomic E-state index is -0.0100. The van der Waals surface area contributed by atoms with Crippen molar-refractivity contribution in [3.63, 3.8) is 0 Å². The van der Waals surface area contributed by atoms with Gasteiger partial charge in [-0.15, -0.1) is 0 Å². The lowest BCUT2D eigenvalue weighted by Gasteiger charge is -2.30. The Bertz CT molecular complexity index is 1300. The Balaban J connectivity index is 1.44. The zero-order valence-electron chi connectivity index (χ0n) is 20.2. The van der Waals surface area contributed by atoms with E-state index in [2.05, 4.69) is 36.2 Å². The Hall–Kier alpha value is -3.09. The average Bonchev–Trinajstić information content (AvgIpc) is 3.20. The van der Waals surface area contributed by atoms with E-state index in [1.54, 1.807) is 18.5 Å². The van der Waals surface area contributed by atoms with Gasteiger partial charge in [0.15, 0.2) is 5.17 Å². The molecule has 5 nitrogen and oxygen atoms in total. The first-order valence-corrected chi connectivity index (χ1v) is 13.5. The van der Waals surface area contributed by atoms with Crippen LogP contribution in [0, 0.1) is 6.92 Å². The van der Waals surface area contributed by atoms with Gasteiger partial charge in [0.25, 0.3) is 5.91 Å². The second-order valence-corrected chi connectivity index (χ2v) is 10.5. The van der Waals surface area contributed by atoms with E-state index < -0.39 is 0 Å². The number of aliphatic imine (C=N–C) groups is 1. The number of thioether (sulfide) groups is 1. The maximum atomic E-state index is 13.7. The van der Waals surface area contributed by atoms with Crippen LogP contribution in [-0.4, -0.2) is 27.0 Å². The van der Waals surface area contributed by atoms with Crippen molar-refractivity contribution < 1.29 is 9.53 Å². The van der Waals surface area contributed by atoms with Gasteiger partial charge in [0.05, 0.1) is 15.6 Å². The predicted molar refractivity (Wildman–Crippen MR) is 148 cm³/mol. The number of nitrogens with zero attached hydrogens (tertiary/aromatic N) is 3. The van der Waals surface area contributed by atoms with Crippen LogP contribution in [0.15, 0.2) is 76.9 Å². The van der Waals surface area contributed by atoms with Gasteiger partial charge < -0.3 is 4.74 Å². The van der Waals surface area contributed by atoms with Gasteiger partial charge >= 0.3 is 0 Å². The van der Waals surface area contributed by atoms with Gasteiger partial charge in [0, 0.05) is 24.0 Å². The molecule has 2 aromatic carbocycles. The molecule has 0 bridgehead atoms. The topological polar surface area (TPSA) is 54.8 Å². The number of ether oxygens (including phenoxy) is 1. The summed E-state index contributed by atoms with van der Waals surface area (Å²) in [5, 5.41) is 1.14. The molecule has 184 valence electrons. The van der Waals surface area contributed by atoms with Gasteiger partial charge in [-0.25, -0.2) is 4.99 Å². The van der Waals surface area contributed by atoms with E-state index in [4.69, 9.17) is 21.3 Å². The van der Waals surface area contributed by atoms with E-state index in [1.807, 2.05) is 35.2 Å². The third-order valence-corrected chi connectivity index (χ3v) is 7.74. The van der Waals surface area contributed by atoms with E-state index >= 15 is 0 Å². The molecule has 2 fully saturated rings. The first kappa shape index (κ1) is 24.6. The molecule has 36 heavy (non-hydrogen) atoms. The highest BCUT2D eigenvalue weighted by molar-refractivity contribution is 8.18. The second kappa shape index (κ2) is 11.3. The molecular formula is C29H28ClN3O2S. The summed E-state index contributed by atoms with van der Waals surface area (Å²) in [7, 11) is 0. The number of carbonyl (C=O) groups is 1. The fourth-order valence-electron chi connectivity index (χ4n) is 4.51. The number of aryl methyl sites for hydroxylation is 1. The third kappa shape index (κ3) is 5.66. The minimum absolute atomic E-state index is 0.0100. The second-order valence-electron chi connectivity index (χ2n) is 9.11. The van der Waals surface area contributed by atoms with Crippen molar-refractivity contribution in [2.45, 2.75) is 51.7 Å². The van der Waals surface area contributed by atoms with Gasteiger partial charge in [-0.3, -0.25) is 14.7 Å². The summed E-state index contributed by atoms with van der Waals surface area (Å²) in [6.07, 6.45) is 10.6. The van der Waals surface area contributed by atoms with Gasteiger partial charge in [-0.05, 0) is 55.3 Å². The molecule has 0 atom stereocenters. The summed E-state index contributed by atoms with van der Waals surface area (Å²) in [6, 6.07) is 18.0. The summed E-state index contributed by atoms with van der Waals surface area (Å²) in [5.74, 6) is 0.731. The lowest BCUT2D eigenvalue weighted by molar-refractivity contribution is -0.124. The molecule has 1 amide bonds. The molecule has 2 aliphatic rings. The van der Waals surface area contributed by atoms with E-state index in [-0.39, 0.29) is 11.9 Å². The standard InChI is InChI=1S/C29H28ClN3O2S/c1-20-11-13-21(14-12-20)19-35-26-10-6-5-7-22(26)17-27-28(34)33(23-8-3-2-4-9-23)29(36-27)32-25-15-16-31-18-24(25)30/h5-7,10-18,23H,2-4,8-9,19H2,1H3/b27-17-,32-29?. The monoisotopic (exact) mass is 517 g/mol. The number of pyridine rings is 1. The van der Waals surface area contributed by atoms with Crippen LogP contribution in [0.4, 0.5) is 5.69 Å². The molecule has 0 spiro atoms. The number of hydrogen-bond donors (Lipinski definition) is 0. The van der Waals surface area contributed by atoms with Crippen LogP contribution >= 0.6 is 23.4 Å². The number of carbonyl (C=O) groups excluding carboxylic acids is 1. The van der Waals surface area contributed by atoms with E-state index in [0.29, 0.717) is 27.4 Å². The van der Waals surface area contributed by atoms with Crippen molar-refractivity contribution in [3.8, 4) is 5.75 Å². The summed E-state index contributed by atoms with van der Waals surface area (Å²) in [4.78, 5) is 25.1. The van der Waals surface area contributed by atoms with Crippen LogP contribution in [0.5, 0.6) is 5.75 Å². The van der Waals surface area contributed by atoms with Crippen LogP contribution in [0.2, 0.25) is 5.02 Å². The van der Waals surface area contributed by atoms with Gasteiger partial charge in [0.2, 0.25) is 0 Å². The third-order valence-electron chi connectivity index (χ3n) is 6.46. The molecule has 1 saturated heterocycles. The highest BCUT2D eigenvalue weighted by Gasteiger charge is 2.38. The number of hydrogen-bond acceptors (Lipinski definition) is 5. The number of amides is 1. The predicted octanol–water partition coefficient (Wildman–Crippen LogP) is 7.56. The fourth-order valence-corrected chi connectivity index (χ4v) is 5.71. The molecule has 0 radical (unpaired) electrons. The van der Waals surface area contributed by atoms with Crippen molar-refractivity contribution >= 4 is 46.2 Å². The Morgan fingerprint density at radius 1 is 1.11 bits per heavy atom. The molecular weight excluding hydrogens is 490 g/mol. The first-order valence-electron chi connectivity index (χ1n) is 12.3. The van der Waals surface area contributed by atoms with Crippen LogP contribution in [0.3, 0.4) is 0 Å². The zero-order chi connectivity index (χ0) is 24.9. The van der Waals surface area contributed by atoms with Crippen LogP contribution < -0.4 is 4.74 Å². The van der Waals surface area contributed by atoms with E-state index in [1.165, 1.54) is 23.7 Å². The Morgan fingerprint density at radius 2 is 1.89 bits per heavy atom. The highest BCUT2D eigenvalue weighted by atomic mass is 35.5. The van der Waals surface area contributed by atoms with Crippen molar-refractivity contribution in [3.05, 3.63) is 93.6 Å². The van der Waals surface area contributed by atoms with Crippen LogP contribution in [0.1, 0.15) is 48.8 Å². The summed E-state index contributed by atoms with van der Waals surface area (Å²) in [5.41, 5.74) is 3.80. The number of aromatic nitrogens is 1. The van der Waals surface area contributed by atoms with Gasteiger partial charge in [-0.2, -0.15) is 0 Å². The van der Waals surface area contributed by atoms with Crippen molar-refractivity contribution in [1.82, 2.24) is 9.88 Å². The quantitative estimate of drug-likeness (QED) is 0.316. The van der Waals surface area contributed by atoms with Crippen molar-refractivity contribution in [2.75, 3.05) is 0 Å². The number of rotatable bonds is 6. The molecule has 1 saturated carbocycles. The fraction of sp³-hybridized carbons (Fsp3) is 0.276. The maximum absolute atomic E-state index is 13.7. The van der Waals surface area contributed by atoms with Crippen LogP contribution in [0.25, 0.3) is 6.08 Å².